The second-order valence-electron chi connectivity index (χ2n) is 3.37. The molecule has 4 N–H and O–H groups in total. The van der Waals surface area contributed by atoms with Gasteiger partial charge in [-0.3, -0.25) is 9.59 Å². The lowest BCUT2D eigenvalue weighted by Crippen LogP contribution is -2.42. The Morgan fingerprint density at radius 1 is 1.57 bits per heavy atom. The number of hydrogen-bond donors (Lipinski definition) is 3. The molecule has 6 nitrogen and oxygen atoms in total. The standard InChI is InChI=1S/C8H14N2O4/c9-8(14)5-1-7(13)10(2-5)6(3-11)4-12/h5-6,11-12H,1-4H2,(H2,9,14). The minimum Gasteiger partial charge on any atom is -0.394 e. The maximum absolute atomic E-state index is 11.3. The van der Waals surface area contributed by atoms with Crippen molar-refractivity contribution in [3.05, 3.63) is 0 Å². The monoisotopic (exact) mass is 202 g/mol. The van der Waals surface area contributed by atoms with Crippen molar-refractivity contribution in [3.63, 3.8) is 0 Å². The number of hydrogen-bond acceptors (Lipinski definition) is 4. The minimum absolute atomic E-state index is 0.0752. The summed E-state index contributed by atoms with van der Waals surface area (Å²) in [5.41, 5.74) is 5.06. The van der Waals surface area contributed by atoms with E-state index in [1.54, 1.807) is 0 Å². The topological polar surface area (TPSA) is 104 Å². The van der Waals surface area contributed by atoms with E-state index < -0.39 is 17.9 Å². The summed E-state index contributed by atoms with van der Waals surface area (Å²) in [5, 5.41) is 17.7. The van der Waals surface area contributed by atoms with Gasteiger partial charge in [-0.2, -0.15) is 0 Å². The third-order valence-corrected chi connectivity index (χ3v) is 2.42. The molecule has 0 aromatic heterocycles. The fourth-order valence-electron chi connectivity index (χ4n) is 1.53. The lowest BCUT2D eigenvalue weighted by Gasteiger charge is -2.24. The van der Waals surface area contributed by atoms with Gasteiger partial charge in [0.1, 0.15) is 0 Å². The average Bonchev–Trinajstić information content (AvgIpc) is 2.51. The number of likely N-dealkylation sites (tertiary alicyclic amines) is 1. The summed E-state index contributed by atoms with van der Waals surface area (Å²) in [5.74, 6) is -1.26. The Labute approximate surface area is 81.3 Å². The Morgan fingerprint density at radius 3 is 2.50 bits per heavy atom. The zero-order chi connectivity index (χ0) is 10.7. The van der Waals surface area contributed by atoms with Crippen LogP contribution in [0.1, 0.15) is 6.42 Å². The van der Waals surface area contributed by atoms with Gasteiger partial charge in [-0.1, -0.05) is 0 Å². The van der Waals surface area contributed by atoms with Crippen LogP contribution in [0.3, 0.4) is 0 Å². The van der Waals surface area contributed by atoms with Crippen molar-refractivity contribution in [3.8, 4) is 0 Å². The summed E-state index contributed by atoms with van der Waals surface area (Å²) in [7, 11) is 0. The number of amides is 2. The molecule has 1 heterocycles. The summed E-state index contributed by atoms with van der Waals surface area (Å²) in [6.45, 7) is -0.429. The van der Waals surface area contributed by atoms with Crippen LogP contribution in [-0.4, -0.2) is 52.7 Å². The zero-order valence-electron chi connectivity index (χ0n) is 7.72. The first kappa shape index (κ1) is 10.9. The Bertz CT molecular complexity index is 239. The van der Waals surface area contributed by atoms with Crippen molar-refractivity contribution < 1.29 is 19.8 Å². The quantitative estimate of drug-likeness (QED) is 0.475. The van der Waals surface area contributed by atoms with Crippen molar-refractivity contribution >= 4 is 11.8 Å². The van der Waals surface area contributed by atoms with Gasteiger partial charge in [0.2, 0.25) is 11.8 Å². The third-order valence-electron chi connectivity index (χ3n) is 2.42. The van der Waals surface area contributed by atoms with Crippen LogP contribution in [0.25, 0.3) is 0 Å². The van der Waals surface area contributed by atoms with Gasteiger partial charge in [0.15, 0.2) is 0 Å². The van der Waals surface area contributed by atoms with Gasteiger partial charge in [-0.15, -0.1) is 0 Å². The normalized spacial score (nSPS) is 22.1. The number of carbonyl (C=O) groups is 2. The molecule has 80 valence electrons. The third kappa shape index (κ3) is 2.02. The summed E-state index contributed by atoms with van der Waals surface area (Å²) >= 11 is 0. The lowest BCUT2D eigenvalue weighted by molar-refractivity contribution is -0.131. The number of aliphatic hydroxyl groups excluding tert-OH is 2. The number of aliphatic hydroxyl groups is 2. The van der Waals surface area contributed by atoms with Gasteiger partial charge in [-0.05, 0) is 0 Å². The summed E-state index contributed by atoms with van der Waals surface area (Å²) in [6, 6.07) is -0.619. The Kier molecular flexibility index (Phi) is 3.43. The molecule has 0 aliphatic carbocycles. The first-order chi connectivity index (χ1) is 6.60. The molecule has 2 amide bonds. The van der Waals surface area contributed by atoms with Crippen molar-refractivity contribution in [2.45, 2.75) is 12.5 Å². The van der Waals surface area contributed by atoms with Gasteiger partial charge >= 0.3 is 0 Å². The second-order valence-corrected chi connectivity index (χ2v) is 3.37. The second kappa shape index (κ2) is 4.39. The number of primary amides is 1. The van der Waals surface area contributed by atoms with E-state index in [0.29, 0.717) is 0 Å². The molecule has 1 rings (SSSR count). The molecule has 1 unspecified atom stereocenters. The molecule has 6 heteroatoms. The Balaban J connectivity index is 2.64. The molecular formula is C8H14N2O4. The smallest absolute Gasteiger partial charge is 0.223 e. The first-order valence-electron chi connectivity index (χ1n) is 4.40. The highest BCUT2D eigenvalue weighted by molar-refractivity contribution is 5.88. The van der Waals surface area contributed by atoms with Crippen LogP contribution >= 0.6 is 0 Å². The van der Waals surface area contributed by atoms with E-state index in [4.69, 9.17) is 15.9 Å². The average molecular weight is 202 g/mol. The molecule has 0 aromatic carbocycles. The van der Waals surface area contributed by atoms with Crippen molar-refractivity contribution in [1.82, 2.24) is 4.90 Å². The lowest BCUT2D eigenvalue weighted by atomic mass is 10.1. The van der Waals surface area contributed by atoms with Gasteiger partial charge in [-0.25, -0.2) is 0 Å². The summed E-state index contributed by atoms with van der Waals surface area (Å²) in [6.07, 6.45) is 0.0752. The predicted octanol–water partition coefficient (Wildman–Crippen LogP) is -2.33. The van der Waals surface area contributed by atoms with E-state index in [1.165, 1.54) is 4.90 Å². The van der Waals surface area contributed by atoms with Gasteiger partial charge < -0.3 is 20.8 Å². The number of carbonyl (C=O) groups excluding carboxylic acids is 2. The van der Waals surface area contributed by atoms with Crippen LogP contribution in [0.4, 0.5) is 0 Å². The summed E-state index contributed by atoms with van der Waals surface area (Å²) in [4.78, 5) is 23.5. The van der Waals surface area contributed by atoms with Crippen LogP contribution in [0, 0.1) is 5.92 Å². The SMILES string of the molecule is NC(=O)C1CC(=O)N(C(CO)CO)C1. The van der Waals surface area contributed by atoms with Crippen LogP contribution in [0.15, 0.2) is 0 Å². The fourth-order valence-corrected chi connectivity index (χ4v) is 1.53. The Morgan fingerprint density at radius 2 is 2.14 bits per heavy atom. The highest BCUT2D eigenvalue weighted by Gasteiger charge is 2.36. The van der Waals surface area contributed by atoms with E-state index in [9.17, 15) is 9.59 Å². The molecule has 0 radical (unpaired) electrons. The molecule has 0 bridgehead atoms. The van der Waals surface area contributed by atoms with Gasteiger partial charge in [0, 0.05) is 13.0 Å². The largest absolute Gasteiger partial charge is 0.394 e. The van der Waals surface area contributed by atoms with Crippen molar-refractivity contribution in [2.24, 2.45) is 11.7 Å². The molecule has 1 fully saturated rings. The van der Waals surface area contributed by atoms with Gasteiger partial charge in [0.25, 0.3) is 0 Å². The summed E-state index contributed by atoms with van der Waals surface area (Å²) < 4.78 is 0. The first-order valence-corrected chi connectivity index (χ1v) is 4.40. The van der Waals surface area contributed by atoms with Gasteiger partial charge in [0.05, 0.1) is 25.2 Å². The van der Waals surface area contributed by atoms with Crippen LogP contribution in [0.2, 0.25) is 0 Å². The molecule has 0 spiro atoms. The van der Waals surface area contributed by atoms with Crippen molar-refractivity contribution in [1.29, 1.82) is 0 Å². The highest BCUT2D eigenvalue weighted by Crippen LogP contribution is 2.19. The van der Waals surface area contributed by atoms with E-state index in [2.05, 4.69) is 0 Å². The molecule has 1 aliphatic rings. The molecule has 14 heavy (non-hydrogen) atoms. The van der Waals surface area contributed by atoms with Crippen LogP contribution < -0.4 is 5.73 Å². The van der Waals surface area contributed by atoms with E-state index in [0.717, 1.165) is 0 Å². The van der Waals surface area contributed by atoms with E-state index in [-0.39, 0.29) is 32.1 Å². The number of rotatable bonds is 4. The van der Waals surface area contributed by atoms with E-state index >= 15 is 0 Å². The van der Waals surface area contributed by atoms with Crippen LogP contribution in [0.5, 0.6) is 0 Å². The molecule has 0 aromatic rings. The molecule has 1 atom stereocenters. The molecule has 1 saturated heterocycles. The number of nitrogens with two attached hydrogens (primary N) is 1. The van der Waals surface area contributed by atoms with Crippen molar-refractivity contribution in [2.75, 3.05) is 19.8 Å². The Hall–Kier alpha value is -1.14. The molecular weight excluding hydrogens is 188 g/mol. The van der Waals surface area contributed by atoms with Crippen LogP contribution in [-0.2, 0) is 9.59 Å². The van der Waals surface area contributed by atoms with E-state index in [1.807, 2.05) is 0 Å². The maximum Gasteiger partial charge on any atom is 0.223 e. The zero-order valence-corrected chi connectivity index (χ0v) is 7.72. The molecule has 0 saturated carbocycles. The highest BCUT2D eigenvalue weighted by atomic mass is 16.3. The predicted molar refractivity (Wildman–Crippen MR) is 47.0 cm³/mol. The number of nitrogens with zero attached hydrogens (tertiary/aromatic N) is 1. The molecule has 1 aliphatic heterocycles. The minimum atomic E-state index is -0.619. The maximum atomic E-state index is 11.3. The fraction of sp³-hybridized carbons (Fsp3) is 0.750.